The fourth-order valence-electron chi connectivity index (χ4n) is 2.96. The third kappa shape index (κ3) is 5.07. The maximum atomic E-state index is 12.2. The van der Waals surface area contributed by atoms with Gasteiger partial charge >= 0.3 is 6.03 Å². The maximum Gasteiger partial charge on any atom is 0.319 e. The molecule has 0 saturated carbocycles. The van der Waals surface area contributed by atoms with E-state index in [2.05, 4.69) is 20.7 Å². The lowest BCUT2D eigenvalue weighted by atomic mass is 10.2. The number of nitrogens with zero attached hydrogens (tertiary/aromatic N) is 3. The standard InChI is InChI=1S/C22H21N5O2S2/c1-14-5-7-16(8-6-14)25-22(29)23-11-12-27-19(28)10-9-17(26-27)20-15(2)24-21(31-20)18-4-3-13-30-18/h3-10,13H,11-12H2,1-2H3,(H2,23,25,29). The van der Waals surface area contributed by atoms with Crippen LogP contribution in [0, 0.1) is 13.8 Å². The van der Waals surface area contributed by atoms with Gasteiger partial charge in [0.05, 0.1) is 22.0 Å². The number of carbonyl (C=O) groups is 1. The van der Waals surface area contributed by atoms with Crippen molar-refractivity contribution in [1.82, 2.24) is 20.1 Å². The Morgan fingerprint density at radius 1 is 1.10 bits per heavy atom. The van der Waals surface area contributed by atoms with E-state index in [1.165, 1.54) is 10.7 Å². The quantitative estimate of drug-likeness (QED) is 0.451. The molecular weight excluding hydrogens is 430 g/mol. The summed E-state index contributed by atoms with van der Waals surface area (Å²) in [6, 6.07) is 14.5. The third-order valence-corrected chi connectivity index (χ3v) is 6.77. The minimum atomic E-state index is -0.327. The van der Waals surface area contributed by atoms with E-state index in [4.69, 9.17) is 0 Å². The molecule has 0 spiro atoms. The molecule has 158 valence electrons. The van der Waals surface area contributed by atoms with Crippen LogP contribution in [0.4, 0.5) is 10.5 Å². The van der Waals surface area contributed by atoms with Crippen molar-refractivity contribution >= 4 is 34.4 Å². The number of hydrogen-bond donors (Lipinski definition) is 2. The highest BCUT2D eigenvalue weighted by atomic mass is 32.1. The van der Waals surface area contributed by atoms with E-state index in [1.54, 1.807) is 28.7 Å². The summed E-state index contributed by atoms with van der Waals surface area (Å²) in [4.78, 5) is 31.0. The zero-order valence-electron chi connectivity index (χ0n) is 17.1. The van der Waals surface area contributed by atoms with E-state index in [0.29, 0.717) is 11.4 Å². The molecule has 1 aromatic carbocycles. The lowest BCUT2D eigenvalue weighted by molar-refractivity contribution is 0.251. The molecule has 3 aromatic heterocycles. The first-order valence-corrected chi connectivity index (χ1v) is 11.4. The second-order valence-corrected chi connectivity index (χ2v) is 8.88. The molecular formula is C22H21N5O2S2. The van der Waals surface area contributed by atoms with E-state index in [9.17, 15) is 9.59 Å². The van der Waals surface area contributed by atoms with Crippen LogP contribution in [0.2, 0.25) is 0 Å². The molecule has 0 radical (unpaired) electrons. The Hall–Kier alpha value is -3.30. The number of urea groups is 1. The Morgan fingerprint density at radius 3 is 2.65 bits per heavy atom. The lowest BCUT2D eigenvalue weighted by Crippen LogP contribution is -2.34. The van der Waals surface area contributed by atoms with Crippen LogP contribution in [0.15, 0.2) is 58.7 Å². The van der Waals surface area contributed by atoms with Gasteiger partial charge in [-0.15, -0.1) is 22.7 Å². The van der Waals surface area contributed by atoms with Crippen molar-refractivity contribution in [2.24, 2.45) is 0 Å². The second kappa shape index (κ2) is 9.23. The van der Waals surface area contributed by atoms with Crippen LogP contribution in [0.3, 0.4) is 0 Å². The Bertz CT molecular complexity index is 1240. The minimum absolute atomic E-state index is 0.217. The van der Waals surface area contributed by atoms with Crippen molar-refractivity contribution in [1.29, 1.82) is 0 Å². The van der Waals surface area contributed by atoms with Gasteiger partial charge < -0.3 is 10.6 Å². The summed E-state index contributed by atoms with van der Waals surface area (Å²) in [7, 11) is 0. The maximum absolute atomic E-state index is 12.2. The first-order chi connectivity index (χ1) is 15.0. The van der Waals surface area contributed by atoms with Crippen molar-refractivity contribution in [2.75, 3.05) is 11.9 Å². The molecule has 0 aliphatic carbocycles. The fraction of sp³-hybridized carbons (Fsp3) is 0.182. The lowest BCUT2D eigenvalue weighted by Gasteiger charge is -2.09. The minimum Gasteiger partial charge on any atom is -0.336 e. The number of anilines is 1. The van der Waals surface area contributed by atoms with E-state index < -0.39 is 0 Å². The number of thiazole rings is 1. The fourth-order valence-corrected chi connectivity index (χ4v) is 4.79. The van der Waals surface area contributed by atoms with Gasteiger partial charge in [0, 0.05) is 18.3 Å². The Morgan fingerprint density at radius 2 is 1.90 bits per heavy atom. The normalized spacial score (nSPS) is 10.8. The number of thiophene rings is 1. The van der Waals surface area contributed by atoms with Gasteiger partial charge in [-0.25, -0.2) is 14.5 Å². The van der Waals surface area contributed by atoms with Gasteiger partial charge in [-0.3, -0.25) is 4.79 Å². The van der Waals surface area contributed by atoms with E-state index in [-0.39, 0.29) is 24.7 Å². The van der Waals surface area contributed by atoms with E-state index in [1.807, 2.05) is 55.6 Å². The third-order valence-electron chi connectivity index (χ3n) is 4.55. The Labute approximate surface area is 187 Å². The first-order valence-electron chi connectivity index (χ1n) is 9.71. The van der Waals surface area contributed by atoms with E-state index >= 15 is 0 Å². The van der Waals surface area contributed by atoms with Crippen LogP contribution >= 0.6 is 22.7 Å². The molecule has 0 atom stereocenters. The largest absolute Gasteiger partial charge is 0.336 e. The topological polar surface area (TPSA) is 88.9 Å². The van der Waals surface area contributed by atoms with Gasteiger partial charge in [0.15, 0.2) is 0 Å². The molecule has 0 aliphatic heterocycles. The molecule has 0 fully saturated rings. The van der Waals surface area contributed by atoms with Gasteiger partial charge in [0.1, 0.15) is 10.7 Å². The predicted molar refractivity (Wildman–Crippen MR) is 126 cm³/mol. The second-order valence-electron chi connectivity index (χ2n) is 6.94. The molecule has 31 heavy (non-hydrogen) atoms. The molecule has 2 N–H and O–H groups in total. The van der Waals surface area contributed by atoms with Crippen molar-refractivity contribution in [3.8, 4) is 20.5 Å². The van der Waals surface area contributed by atoms with Gasteiger partial charge in [0.25, 0.3) is 5.56 Å². The van der Waals surface area contributed by atoms with Gasteiger partial charge in [-0.1, -0.05) is 23.8 Å². The van der Waals surface area contributed by atoms with Crippen LogP contribution in [0.5, 0.6) is 0 Å². The molecule has 0 unspecified atom stereocenters. The zero-order chi connectivity index (χ0) is 21.8. The van der Waals surface area contributed by atoms with Crippen LogP contribution in [0.1, 0.15) is 11.3 Å². The van der Waals surface area contributed by atoms with Crippen LogP contribution in [-0.4, -0.2) is 27.3 Å². The average Bonchev–Trinajstić information content (AvgIpc) is 3.41. The Kier molecular flexibility index (Phi) is 6.24. The number of aryl methyl sites for hydroxylation is 2. The number of benzene rings is 1. The van der Waals surface area contributed by atoms with Gasteiger partial charge in [0.2, 0.25) is 0 Å². The van der Waals surface area contributed by atoms with Crippen molar-refractivity contribution in [3.05, 3.63) is 75.5 Å². The van der Waals surface area contributed by atoms with Crippen molar-refractivity contribution < 1.29 is 4.79 Å². The molecule has 4 aromatic rings. The summed E-state index contributed by atoms with van der Waals surface area (Å²) >= 11 is 3.20. The number of aromatic nitrogens is 3. The molecule has 0 bridgehead atoms. The Balaban J connectivity index is 1.42. The summed E-state index contributed by atoms with van der Waals surface area (Å²) in [5.74, 6) is 0. The molecule has 4 rings (SSSR count). The summed E-state index contributed by atoms with van der Waals surface area (Å²) in [5, 5.41) is 13.0. The number of carbonyl (C=O) groups excluding carboxylic acids is 1. The average molecular weight is 452 g/mol. The number of hydrogen-bond acceptors (Lipinski definition) is 6. The molecule has 2 amide bonds. The monoisotopic (exact) mass is 451 g/mol. The highest BCUT2D eigenvalue weighted by molar-refractivity contribution is 7.23. The van der Waals surface area contributed by atoms with E-state index in [0.717, 1.165) is 26.0 Å². The highest BCUT2D eigenvalue weighted by Crippen LogP contribution is 2.35. The summed E-state index contributed by atoms with van der Waals surface area (Å²) in [5.41, 5.74) is 3.19. The van der Waals surface area contributed by atoms with Gasteiger partial charge in [-0.05, 0) is 43.5 Å². The molecule has 0 saturated heterocycles. The molecule has 7 nitrogen and oxygen atoms in total. The first kappa shape index (κ1) is 21.0. The van der Waals surface area contributed by atoms with Crippen LogP contribution in [0.25, 0.3) is 20.5 Å². The predicted octanol–water partition coefficient (Wildman–Crippen LogP) is 4.53. The van der Waals surface area contributed by atoms with Crippen molar-refractivity contribution in [3.63, 3.8) is 0 Å². The molecule has 9 heteroatoms. The highest BCUT2D eigenvalue weighted by Gasteiger charge is 2.14. The summed E-state index contributed by atoms with van der Waals surface area (Å²) < 4.78 is 1.37. The smallest absolute Gasteiger partial charge is 0.319 e. The van der Waals surface area contributed by atoms with Crippen molar-refractivity contribution in [2.45, 2.75) is 20.4 Å². The number of nitrogens with one attached hydrogen (secondary N) is 2. The van der Waals surface area contributed by atoms with Crippen LogP contribution < -0.4 is 16.2 Å². The number of amides is 2. The summed E-state index contributed by atoms with van der Waals surface area (Å²) in [6.45, 7) is 4.47. The molecule has 0 aliphatic rings. The SMILES string of the molecule is Cc1ccc(NC(=O)NCCn2nc(-c3sc(-c4cccs4)nc3C)ccc2=O)cc1. The number of rotatable bonds is 6. The summed E-state index contributed by atoms with van der Waals surface area (Å²) in [6.07, 6.45) is 0. The van der Waals surface area contributed by atoms with Gasteiger partial charge in [-0.2, -0.15) is 5.10 Å². The zero-order valence-corrected chi connectivity index (χ0v) is 18.7. The molecule has 3 heterocycles. The van der Waals surface area contributed by atoms with Crippen LogP contribution in [-0.2, 0) is 6.54 Å².